The molecule has 0 unspecified atom stereocenters. The number of nitrogens with one attached hydrogen (secondary N) is 3. The summed E-state index contributed by atoms with van der Waals surface area (Å²) in [5.74, 6) is 0.454. The smallest absolute Gasteiger partial charge is 0.261 e. The first-order valence-electron chi connectivity index (χ1n) is 8.38. The minimum atomic E-state index is -0.300. The fourth-order valence-electron chi connectivity index (χ4n) is 2.88. The summed E-state index contributed by atoms with van der Waals surface area (Å²) in [6.45, 7) is 1.02. The number of amides is 2. The summed E-state index contributed by atoms with van der Waals surface area (Å²) in [6, 6.07) is 3.29. The van der Waals surface area contributed by atoms with Crippen LogP contribution in [-0.4, -0.2) is 59.4 Å². The van der Waals surface area contributed by atoms with Gasteiger partial charge in [0, 0.05) is 51.2 Å². The minimum Gasteiger partial charge on any atom is -0.357 e. The van der Waals surface area contributed by atoms with E-state index < -0.39 is 0 Å². The van der Waals surface area contributed by atoms with Gasteiger partial charge in [-0.05, 0) is 17.9 Å². The number of carbonyl (C=O) groups excluding carboxylic acids is 2. The van der Waals surface area contributed by atoms with Gasteiger partial charge in [0.05, 0.1) is 10.9 Å². The quantitative estimate of drug-likeness (QED) is 0.688. The summed E-state index contributed by atoms with van der Waals surface area (Å²) in [4.78, 5) is 35.4. The zero-order valence-corrected chi connectivity index (χ0v) is 15.5. The normalized spacial score (nSPS) is 19.2. The number of aromatic nitrogens is 2. The standard InChI is InChI=1S/C17H22N6O2S/c1-18-17-20-7-11(8-21-17)10-23(2)16(25)13-6-12(9-19-13)22-15(24)14-4-3-5-26-14/h3-5,7-8,12-13,19H,6,9-10H2,1-2H3,(H,22,24)(H,18,20,21)/t12-,13+/m1/s1. The molecule has 0 radical (unpaired) electrons. The Bertz CT molecular complexity index is 749. The first kappa shape index (κ1) is 18.3. The van der Waals surface area contributed by atoms with Gasteiger partial charge in [0.1, 0.15) is 0 Å². The van der Waals surface area contributed by atoms with Crippen LogP contribution in [0.15, 0.2) is 29.9 Å². The van der Waals surface area contributed by atoms with Crippen molar-refractivity contribution in [2.45, 2.75) is 25.0 Å². The lowest BCUT2D eigenvalue weighted by atomic mass is 10.1. The van der Waals surface area contributed by atoms with Crippen LogP contribution in [0.4, 0.5) is 5.95 Å². The van der Waals surface area contributed by atoms with Crippen molar-refractivity contribution in [2.75, 3.05) is 26.0 Å². The molecule has 0 bridgehead atoms. The molecular formula is C17H22N6O2S. The molecule has 0 saturated carbocycles. The van der Waals surface area contributed by atoms with Crippen molar-refractivity contribution in [1.29, 1.82) is 0 Å². The maximum absolute atomic E-state index is 12.6. The second-order valence-electron chi connectivity index (χ2n) is 6.20. The molecule has 1 aliphatic heterocycles. The molecule has 1 fully saturated rings. The van der Waals surface area contributed by atoms with Gasteiger partial charge in [0.25, 0.3) is 5.91 Å². The molecule has 0 aromatic carbocycles. The number of hydrogen-bond acceptors (Lipinski definition) is 7. The number of rotatable bonds is 6. The van der Waals surface area contributed by atoms with Crippen LogP contribution in [0.25, 0.3) is 0 Å². The van der Waals surface area contributed by atoms with E-state index in [2.05, 4.69) is 25.9 Å². The van der Waals surface area contributed by atoms with Crippen LogP contribution in [-0.2, 0) is 11.3 Å². The van der Waals surface area contributed by atoms with E-state index in [1.165, 1.54) is 11.3 Å². The first-order chi connectivity index (χ1) is 12.6. The topological polar surface area (TPSA) is 99.3 Å². The van der Waals surface area contributed by atoms with Crippen molar-refractivity contribution in [3.05, 3.63) is 40.3 Å². The molecule has 3 heterocycles. The summed E-state index contributed by atoms with van der Waals surface area (Å²) >= 11 is 1.41. The molecule has 138 valence electrons. The zero-order valence-electron chi connectivity index (χ0n) is 14.7. The van der Waals surface area contributed by atoms with Gasteiger partial charge in [0.15, 0.2) is 0 Å². The minimum absolute atomic E-state index is 0.00411. The van der Waals surface area contributed by atoms with Crippen LogP contribution in [0.3, 0.4) is 0 Å². The highest BCUT2D eigenvalue weighted by molar-refractivity contribution is 7.12. The second-order valence-corrected chi connectivity index (χ2v) is 7.15. The number of thiophene rings is 1. The molecule has 0 spiro atoms. The number of nitrogens with zero attached hydrogens (tertiary/aromatic N) is 3. The van der Waals surface area contributed by atoms with E-state index >= 15 is 0 Å². The Kier molecular flexibility index (Phi) is 5.79. The third-order valence-corrected chi connectivity index (χ3v) is 5.10. The van der Waals surface area contributed by atoms with Crippen LogP contribution in [0, 0.1) is 0 Å². The molecule has 2 aromatic rings. The average Bonchev–Trinajstić information content (AvgIpc) is 3.33. The van der Waals surface area contributed by atoms with Crippen molar-refractivity contribution in [1.82, 2.24) is 25.5 Å². The predicted octanol–water partition coefficient (Wildman–Crippen LogP) is 0.699. The Morgan fingerprint density at radius 2 is 2.15 bits per heavy atom. The van der Waals surface area contributed by atoms with Crippen molar-refractivity contribution in [2.24, 2.45) is 0 Å². The zero-order chi connectivity index (χ0) is 18.5. The van der Waals surface area contributed by atoms with E-state index in [0.29, 0.717) is 30.3 Å². The van der Waals surface area contributed by atoms with Crippen LogP contribution in [0.2, 0.25) is 0 Å². The van der Waals surface area contributed by atoms with E-state index in [0.717, 1.165) is 5.56 Å². The first-order valence-corrected chi connectivity index (χ1v) is 9.26. The summed E-state index contributed by atoms with van der Waals surface area (Å²) in [7, 11) is 3.51. The molecule has 1 aliphatic rings. The molecule has 8 nitrogen and oxygen atoms in total. The molecule has 2 atom stereocenters. The number of hydrogen-bond donors (Lipinski definition) is 3. The molecule has 26 heavy (non-hydrogen) atoms. The molecule has 3 rings (SSSR count). The van der Waals surface area contributed by atoms with E-state index in [4.69, 9.17) is 0 Å². The SMILES string of the molecule is CNc1ncc(CN(C)C(=O)[C@@H]2C[C@@H](NC(=O)c3cccs3)CN2)cn1. The highest BCUT2D eigenvalue weighted by atomic mass is 32.1. The van der Waals surface area contributed by atoms with Gasteiger partial charge in [-0.3, -0.25) is 9.59 Å². The highest BCUT2D eigenvalue weighted by Gasteiger charge is 2.32. The summed E-state index contributed by atoms with van der Waals surface area (Å²) in [5.41, 5.74) is 0.861. The van der Waals surface area contributed by atoms with Gasteiger partial charge in [-0.1, -0.05) is 6.07 Å². The average molecular weight is 374 g/mol. The molecule has 9 heteroatoms. The van der Waals surface area contributed by atoms with Gasteiger partial charge in [0.2, 0.25) is 11.9 Å². The van der Waals surface area contributed by atoms with Gasteiger partial charge >= 0.3 is 0 Å². The van der Waals surface area contributed by atoms with Gasteiger partial charge in [-0.15, -0.1) is 11.3 Å². The van der Waals surface area contributed by atoms with Gasteiger partial charge in [-0.2, -0.15) is 0 Å². The third kappa shape index (κ3) is 4.36. The van der Waals surface area contributed by atoms with E-state index in [1.807, 2.05) is 11.4 Å². The number of carbonyl (C=O) groups is 2. The molecule has 2 amide bonds. The lowest BCUT2D eigenvalue weighted by Crippen LogP contribution is -2.41. The predicted molar refractivity (Wildman–Crippen MR) is 100 cm³/mol. The molecule has 1 saturated heterocycles. The summed E-state index contributed by atoms with van der Waals surface area (Å²) in [6.07, 6.45) is 3.99. The number of anilines is 1. The van der Waals surface area contributed by atoms with Gasteiger partial charge in [-0.25, -0.2) is 9.97 Å². The van der Waals surface area contributed by atoms with Crippen molar-refractivity contribution in [3.8, 4) is 0 Å². The second kappa shape index (κ2) is 8.24. The van der Waals surface area contributed by atoms with E-state index in [9.17, 15) is 9.59 Å². The molecule has 2 aromatic heterocycles. The Labute approximate surface area is 156 Å². The van der Waals surface area contributed by atoms with Gasteiger partial charge < -0.3 is 20.9 Å². The van der Waals surface area contributed by atoms with Crippen molar-refractivity contribution in [3.63, 3.8) is 0 Å². The summed E-state index contributed by atoms with van der Waals surface area (Å²) < 4.78 is 0. The largest absolute Gasteiger partial charge is 0.357 e. The Morgan fingerprint density at radius 3 is 2.81 bits per heavy atom. The van der Waals surface area contributed by atoms with Crippen LogP contribution < -0.4 is 16.0 Å². The number of likely N-dealkylation sites (N-methyl/N-ethyl adjacent to an activating group) is 1. The third-order valence-electron chi connectivity index (χ3n) is 4.23. The van der Waals surface area contributed by atoms with E-state index in [1.54, 1.807) is 37.5 Å². The Balaban J connectivity index is 1.50. The fraction of sp³-hybridized carbons (Fsp3) is 0.412. The molecule has 0 aliphatic carbocycles. The molecule has 3 N–H and O–H groups in total. The van der Waals surface area contributed by atoms with Crippen LogP contribution >= 0.6 is 11.3 Å². The van der Waals surface area contributed by atoms with Crippen LogP contribution in [0.1, 0.15) is 21.7 Å². The van der Waals surface area contributed by atoms with Crippen molar-refractivity contribution < 1.29 is 9.59 Å². The fourth-order valence-corrected chi connectivity index (χ4v) is 3.51. The maximum Gasteiger partial charge on any atom is 0.261 e. The Hall–Kier alpha value is -2.52. The maximum atomic E-state index is 12.6. The monoisotopic (exact) mass is 374 g/mol. The summed E-state index contributed by atoms with van der Waals surface area (Å²) in [5, 5.41) is 10.9. The highest BCUT2D eigenvalue weighted by Crippen LogP contribution is 2.14. The molecular weight excluding hydrogens is 352 g/mol. The van der Waals surface area contributed by atoms with Crippen LogP contribution in [0.5, 0.6) is 0 Å². The Morgan fingerprint density at radius 1 is 1.38 bits per heavy atom. The lowest BCUT2D eigenvalue weighted by molar-refractivity contribution is -0.132. The van der Waals surface area contributed by atoms with Crippen molar-refractivity contribution >= 4 is 29.1 Å². The van der Waals surface area contributed by atoms with E-state index in [-0.39, 0.29) is 23.9 Å². The lowest BCUT2D eigenvalue weighted by Gasteiger charge is -2.21.